The SMILES string of the molecule is CCCNCC1(CN2CCC(CC)C2)CCC(C)CC1. The van der Waals surface area contributed by atoms with Gasteiger partial charge in [0.2, 0.25) is 0 Å². The van der Waals surface area contributed by atoms with Crippen LogP contribution in [0, 0.1) is 17.3 Å². The molecule has 0 aromatic carbocycles. The summed E-state index contributed by atoms with van der Waals surface area (Å²) in [4.78, 5) is 2.78. The Bertz CT molecular complexity index is 269. The smallest absolute Gasteiger partial charge is 0.00503 e. The fourth-order valence-corrected chi connectivity index (χ4v) is 4.16. The van der Waals surface area contributed by atoms with Gasteiger partial charge in [0.05, 0.1) is 0 Å². The normalized spacial score (nSPS) is 35.5. The van der Waals surface area contributed by atoms with E-state index in [1.165, 1.54) is 77.7 Å². The minimum absolute atomic E-state index is 0.574. The minimum atomic E-state index is 0.574. The van der Waals surface area contributed by atoms with Gasteiger partial charge in [-0.3, -0.25) is 0 Å². The maximum Gasteiger partial charge on any atom is 0.00503 e. The third-order valence-electron chi connectivity index (χ3n) is 5.77. The van der Waals surface area contributed by atoms with Gasteiger partial charge in [0, 0.05) is 19.6 Å². The van der Waals surface area contributed by atoms with Crippen molar-refractivity contribution >= 4 is 0 Å². The van der Waals surface area contributed by atoms with E-state index < -0.39 is 0 Å². The highest BCUT2D eigenvalue weighted by atomic mass is 15.2. The Morgan fingerprint density at radius 3 is 2.50 bits per heavy atom. The molecule has 1 saturated carbocycles. The molecular weight excluding hydrogens is 244 g/mol. The summed E-state index contributed by atoms with van der Waals surface area (Å²) in [7, 11) is 0. The molecule has 2 fully saturated rings. The lowest BCUT2D eigenvalue weighted by molar-refractivity contribution is 0.0963. The van der Waals surface area contributed by atoms with Crippen LogP contribution in [0.2, 0.25) is 0 Å². The predicted molar refractivity (Wildman–Crippen MR) is 88.1 cm³/mol. The molecule has 1 heterocycles. The van der Waals surface area contributed by atoms with E-state index in [4.69, 9.17) is 0 Å². The number of hydrogen-bond acceptors (Lipinski definition) is 2. The van der Waals surface area contributed by atoms with Gasteiger partial charge >= 0.3 is 0 Å². The van der Waals surface area contributed by atoms with E-state index in [0.29, 0.717) is 5.41 Å². The van der Waals surface area contributed by atoms with Crippen LogP contribution in [-0.4, -0.2) is 37.6 Å². The van der Waals surface area contributed by atoms with Crippen LogP contribution in [0.15, 0.2) is 0 Å². The molecule has 0 spiro atoms. The average molecular weight is 280 g/mol. The van der Waals surface area contributed by atoms with Gasteiger partial charge in [-0.2, -0.15) is 0 Å². The van der Waals surface area contributed by atoms with Gasteiger partial charge in [-0.05, 0) is 56.0 Å². The molecule has 2 rings (SSSR count). The Hall–Kier alpha value is -0.0800. The van der Waals surface area contributed by atoms with Gasteiger partial charge in [-0.15, -0.1) is 0 Å². The zero-order valence-corrected chi connectivity index (χ0v) is 14.1. The summed E-state index contributed by atoms with van der Waals surface area (Å²) in [5, 5.41) is 3.73. The van der Waals surface area contributed by atoms with Crippen LogP contribution >= 0.6 is 0 Å². The molecule has 0 bridgehead atoms. The summed E-state index contributed by atoms with van der Waals surface area (Å²) < 4.78 is 0. The van der Waals surface area contributed by atoms with Crippen molar-refractivity contribution in [2.24, 2.45) is 17.3 Å². The Morgan fingerprint density at radius 2 is 1.90 bits per heavy atom. The lowest BCUT2D eigenvalue weighted by Gasteiger charge is -2.42. The molecule has 0 aromatic heterocycles. The topological polar surface area (TPSA) is 15.3 Å². The van der Waals surface area contributed by atoms with E-state index >= 15 is 0 Å². The molecule has 1 saturated heterocycles. The first kappa shape index (κ1) is 16.3. The summed E-state index contributed by atoms with van der Waals surface area (Å²) in [5.74, 6) is 1.93. The van der Waals surface area contributed by atoms with Crippen molar-refractivity contribution in [3.8, 4) is 0 Å². The molecule has 1 atom stereocenters. The van der Waals surface area contributed by atoms with Crippen LogP contribution in [0.5, 0.6) is 0 Å². The third-order valence-corrected chi connectivity index (χ3v) is 5.77. The molecule has 0 amide bonds. The molecule has 2 nitrogen and oxygen atoms in total. The fraction of sp³-hybridized carbons (Fsp3) is 1.00. The molecule has 1 unspecified atom stereocenters. The first-order valence-electron chi connectivity index (χ1n) is 9.10. The molecule has 20 heavy (non-hydrogen) atoms. The number of likely N-dealkylation sites (tertiary alicyclic amines) is 1. The second kappa shape index (κ2) is 7.79. The quantitative estimate of drug-likeness (QED) is 0.711. The van der Waals surface area contributed by atoms with Gasteiger partial charge in [0.25, 0.3) is 0 Å². The first-order chi connectivity index (χ1) is 9.67. The van der Waals surface area contributed by atoms with Crippen molar-refractivity contribution in [2.75, 3.05) is 32.7 Å². The van der Waals surface area contributed by atoms with Crippen molar-refractivity contribution in [2.45, 2.75) is 65.7 Å². The van der Waals surface area contributed by atoms with Gasteiger partial charge in [0.1, 0.15) is 0 Å². The Balaban J connectivity index is 1.88. The van der Waals surface area contributed by atoms with E-state index in [9.17, 15) is 0 Å². The number of nitrogens with zero attached hydrogens (tertiary/aromatic N) is 1. The third kappa shape index (κ3) is 4.46. The van der Waals surface area contributed by atoms with Crippen molar-refractivity contribution in [1.82, 2.24) is 10.2 Å². The zero-order chi connectivity index (χ0) is 14.4. The summed E-state index contributed by atoms with van der Waals surface area (Å²) in [6, 6.07) is 0. The highest BCUT2D eigenvalue weighted by Gasteiger charge is 2.36. The van der Waals surface area contributed by atoms with Crippen molar-refractivity contribution in [3.63, 3.8) is 0 Å². The standard InChI is InChI=1S/C18H36N2/c1-4-11-19-14-18(9-6-16(3)7-10-18)15-20-12-8-17(5-2)13-20/h16-17,19H,4-15H2,1-3H3. The zero-order valence-electron chi connectivity index (χ0n) is 14.1. The number of rotatable bonds is 7. The van der Waals surface area contributed by atoms with Crippen LogP contribution in [0.3, 0.4) is 0 Å². The molecular formula is C18H36N2. The number of nitrogens with one attached hydrogen (secondary N) is 1. The van der Waals surface area contributed by atoms with Crippen molar-refractivity contribution < 1.29 is 0 Å². The predicted octanol–water partition coefficient (Wildman–Crippen LogP) is 3.91. The molecule has 1 aliphatic heterocycles. The van der Waals surface area contributed by atoms with E-state index in [2.05, 4.69) is 31.0 Å². The Morgan fingerprint density at radius 1 is 1.15 bits per heavy atom. The lowest BCUT2D eigenvalue weighted by Crippen LogP contribution is -2.45. The first-order valence-corrected chi connectivity index (χ1v) is 9.10. The fourth-order valence-electron chi connectivity index (χ4n) is 4.16. The molecule has 2 aliphatic rings. The van der Waals surface area contributed by atoms with E-state index in [1.54, 1.807) is 0 Å². The molecule has 1 aliphatic carbocycles. The number of hydrogen-bond donors (Lipinski definition) is 1. The average Bonchev–Trinajstić information content (AvgIpc) is 2.90. The lowest BCUT2D eigenvalue weighted by atomic mass is 9.70. The molecule has 0 radical (unpaired) electrons. The summed E-state index contributed by atoms with van der Waals surface area (Å²) in [6.07, 6.45) is 9.84. The van der Waals surface area contributed by atoms with Crippen LogP contribution < -0.4 is 5.32 Å². The second-order valence-corrected chi connectivity index (χ2v) is 7.66. The van der Waals surface area contributed by atoms with E-state index in [0.717, 1.165) is 11.8 Å². The van der Waals surface area contributed by atoms with Crippen molar-refractivity contribution in [1.29, 1.82) is 0 Å². The maximum atomic E-state index is 3.73. The van der Waals surface area contributed by atoms with Crippen LogP contribution in [0.1, 0.15) is 65.7 Å². The minimum Gasteiger partial charge on any atom is -0.316 e. The van der Waals surface area contributed by atoms with Gasteiger partial charge < -0.3 is 10.2 Å². The molecule has 0 aromatic rings. The Labute approximate surface area is 126 Å². The van der Waals surface area contributed by atoms with Crippen LogP contribution in [0.25, 0.3) is 0 Å². The van der Waals surface area contributed by atoms with Crippen LogP contribution in [-0.2, 0) is 0 Å². The maximum absolute atomic E-state index is 3.73. The molecule has 118 valence electrons. The highest BCUT2D eigenvalue weighted by molar-refractivity contribution is 4.91. The van der Waals surface area contributed by atoms with Gasteiger partial charge in [-0.1, -0.05) is 40.0 Å². The molecule has 1 N–H and O–H groups in total. The van der Waals surface area contributed by atoms with Crippen LogP contribution in [0.4, 0.5) is 0 Å². The summed E-state index contributed by atoms with van der Waals surface area (Å²) >= 11 is 0. The highest BCUT2D eigenvalue weighted by Crippen LogP contribution is 2.40. The van der Waals surface area contributed by atoms with E-state index in [1.807, 2.05) is 0 Å². The second-order valence-electron chi connectivity index (χ2n) is 7.66. The largest absolute Gasteiger partial charge is 0.316 e. The summed E-state index contributed by atoms with van der Waals surface area (Å²) in [5.41, 5.74) is 0.574. The monoisotopic (exact) mass is 280 g/mol. The van der Waals surface area contributed by atoms with Gasteiger partial charge in [0.15, 0.2) is 0 Å². The van der Waals surface area contributed by atoms with Gasteiger partial charge in [-0.25, -0.2) is 0 Å². The molecule has 2 heteroatoms. The Kier molecular flexibility index (Phi) is 6.35. The van der Waals surface area contributed by atoms with Crippen molar-refractivity contribution in [3.05, 3.63) is 0 Å². The summed E-state index contributed by atoms with van der Waals surface area (Å²) in [6.45, 7) is 13.6. The van der Waals surface area contributed by atoms with E-state index in [-0.39, 0.29) is 0 Å².